The number of amides is 1. The number of hydrogen-bond donors (Lipinski definition) is 2. The zero-order chi connectivity index (χ0) is 13.6. The highest BCUT2D eigenvalue weighted by atomic mass is 16.6. The molecule has 0 aromatic rings. The van der Waals surface area contributed by atoms with Crippen molar-refractivity contribution < 1.29 is 19.6 Å². The van der Waals surface area contributed by atoms with Crippen molar-refractivity contribution >= 4 is 11.9 Å². The van der Waals surface area contributed by atoms with Crippen molar-refractivity contribution in [3.63, 3.8) is 0 Å². The van der Waals surface area contributed by atoms with Crippen molar-refractivity contribution in [2.24, 2.45) is 0 Å². The Bertz CT molecular complexity index is 314. The summed E-state index contributed by atoms with van der Waals surface area (Å²) in [7, 11) is 0. The van der Waals surface area contributed by atoms with Crippen LogP contribution in [0.3, 0.4) is 0 Å². The number of carboxylic acids is 1. The summed E-state index contributed by atoms with van der Waals surface area (Å²) in [6.07, 6.45) is 0.820. The molecule has 0 aromatic heterocycles. The van der Waals surface area contributed by atoms with Crippen LogP contribution in [0.4, 0.5) is 0 Å². The summed E-state index contributed by atoms with van der Waals surface area (Å²) in [5.41, 5.74) is -1.07. The van der Waals surface area contributed by atoms with Gasteiger partial charge in [0.05, 0.1) is 0 Å². The van der Waals surface area contributed by atoms with E-state index in [0.29, 0.717) is 6.42 Å². The molecule has 2 N–H and O–H groups in total. The minimum atomic E-state index is -1.13. The Morgan fingerprint density at radius 2 is 2.00 bits per heavy atom. The van der Waals surface area contributed by atoms with E-state index in [2.05, 4.69) is 5.32 Å². The maximum Gasteiger partial charge on any atom is 0.326 e. The second-order valence-electron chi connectivity index (χ2n) is 4.55. The van der Waals surface area contributed by atoms with E-state index in [1.165, 1.54) is 20.8 Å². The van der Waals surface area contributed by atoms with Gasteiger partial charge in [0.15, 0.2) is 0 Å². The van der Waals surface area contributed by atoms with Gasteiger partial charge in [0.2, 0.25) is 11.4 Å². The number of hydrogen-bond acceptors (Lipinski definition) is 4. The average molecular weight is 246 g/mol. The van der Waals surface area contributed by atoms with Crippen molar-refractivity contribution in [1.29, 1.82) is 0 Å². The molecule has 0 bridgehead atoms. The second kappa shape index (κ2) is 6.17. The number of carboxylic acid groups (broad SMARTS) is 1. The van der Waals surface area contributed by atoms with E-state index in [0.717, 1.165) is 0 Å². The minimum Gasteiger partial charge on any atom is -0.480 e. The number of rotatable bonds is 7. The van der Waals surface area contributed by atoms with Crippen molar-refractivity contribution in [3.8, 4) is 0 Å². The molecule has 0 fully saturated rings. The molecule has 0 aliphatic heterocycles. The monoisotopic (exact) mass is 246 g/mol. The Kier molecular flexibility index (Phi) is 5.57. The van der Waals surface area contributed by atoms with Gasteiger partial charge in [0, 0.05) is 32.1 Å². The van der Waals surface area contributed by atoms with Gasteiger partial charge in [-0.25, -0.2) is 4.79 Å². The molecule has 0 aliphatic carbocycles. The maximum atomic E-state index is 10.8. The molecule has 0 saturated heterocycles. The van der Waals surface area contributed by atoms with Crippen molar-refractivity contribution in [2.45, 2.75) is 51.6 Å². The first-order valence-electron chi connectivity index (χ1n) is 5.31. The Hall–Kier alpha value is -1.66. The summed E-state index contributed by atoms with van der Waals surface area (Å²) >= 11 is 0. The molecule has 98 valence electrons. The fourth-order valence-electron chi connectivity index (χ4n) is 1.33. The van der Waals surface area contributed by atoms with Gasteiger partial charge in [0.25, 0.3) is 0 Å². The normalized spacial score (nSPS) is 12.9. The maximum absolute atomic E-state index is 10.8. The molecule has 0 radical (unpaired) electrons. The number of nitrogens with one attached hydrogen (secondary N) is 1. The Morgan fingerprint density at radius 1 is 1.47 bits per heavy atom. The largest absolute Gasteiger partial charge is 0.480 e. The summed E-state index contributed by atoms with van der Waals surface area (Å²) in [5, 5.41) is 21.7. The van der Waals surface area contributed by atoms with Gasteiger partial charge in [-0.3, -0.25) is 14.9 Å². The second-order valence-corrected chi connectivity index (χ2v) is 4.55. The van der Waals surface area contributed by atoms with Crippen LogP contribution >= 0.6 is 0 Å². The quantitative estimate of drug-likeness (QED) is 0.510. The van der Waals surface area contributed by atoms with E-state index < -0.39 is 23.5 Å². The highest BCUT2D eigenvalue weighted by Crippen LogP contribution is 2.17. The van der Waals surface area contributed by atoms with Crippen LogP contribution in [0.25, 0.3) is 0 Å². The predicted octanol–water partition coefficient (Wildman–Crippen LogP) is 0.801. The fourth-order valence-corrected chi connectivity index (χ4v) is 1.33. The predicted molar refractivity (Wildman–Crippen MR) is 60.2 cm³/mol. The molecule has 0 heterocycles. The lowest BCUT2D eigenvalue weighted by Gasteiger charge is -2.17. The van der Waals surface area contributed by atoms with Gasteiger partial charge >= 0.3 is 5.97 Å². The lowest BCUT2D eigenvalue weighted by Crippen LogP contribution is -2.40. The molecule has 17 heavy (non-hydrogen) atoms. The number of carbonyl (C=O) groups excluding carboxylic acids is 1. The number of nitro groups is 1. The van der Waals surface area contributed by atoms with Crippen LogP contribution in [-0.4, -0.2) is 33.5 Å². The smallest absolute Gasteiger partial charge is 0.326 e. The Labute approximate surface area is 99.3 Å². The highest BCUT2D eigenvalue weighted by Gasteiger charge is 2.30. The molecule has 1 unspecified atom stereocenters. The Morgan fingerprint density at radius 3 is 2.35 bits per heavy atom. The third-order valence-electron chi connectivity index (χ3n) is 2.45. The lowest BCUT2D eigenvalue weighted by atomic mass is 9.96. The lowest BCUT2D eigenvalue weighted by molar-refractivity contribution is -0.561. The SMILES string of the molecule is CC(=O)NC(CCCC(C)(C)[N+](=O)[O-])C(=O)O. The summed E-state index contributed by atoms with van der Waals surface area (Å²) in [4.78, 5) is 31.8. The zero-order valence-electron chi connectivity index (χ0n) is 10.2. The first kappa shape index (κ1) is 15.3. The third kappa shape index (κ3) is 5.84. The number of carbonyl (C=O) groups is 2. The van der Waals surface area contributed by atoms with E-state index in [1.54, 1.807) is 0 Å². The van der Waals surface area contributed by atoms with E-state index in [9.17, 15) is 19.7 Å². The molecule has 0 aliphatic rings. The van der Waals surface area contributed by atoms with Crippen LogP contribution in [0.1, 0.15) is 40.0 Å². The van der Waals surface area contributed by atoms with Crippen LogP contribution in [0.15, 0.2) is 0 Å². The van der Waals surface area contributed by atoms with E-state index in [1.807, 2.05) is 0 Å². The summed E-state index contributed by atoms with van der Waals surface area (Å²) < 4.78 is 0. The molecule has 1 amide bonds. The van der Waals surface area contributed by atoms with Crippen LogP contribution in [0.5, 0.6) is 0 Å². The van der Waals surface area contributed by atoms with Gasteiger partial charge in [0.1, 0.15) is 6.04 Å². The van der Waals surface area contributed by atoms with Crippen LogP contribution in [0.2, 0.25) is 0 Å². The van der Waals surface area contributed by atoms with E-state index >= 15 is 0 Å². The van der Waals surface area contributed by atoms with Crippen molar-refractivity contribution in [2.75, 3.05) is 0 Å². The molecule has 0 spiro atoms. The molecule has 0 rings (SSSR count). The topological polar surface area (TPSA) is 110 Å². The molecule has 1 atom stereocenters. The first-order valence-corrected chi connectivity index (χ1v) is 5.31. The fraction of sp³-hybridized carbons (Fsp3) is 0.800. The molecule has 7 nitrogen and oxygen atoms in total. The third-order valence-corrected chi connectivity index (χ3v) is 2.45. The molecule has 0 saturated carbocycles. The highest BCUT2D eigenvalue weighted by molar-refractivity contribution is 5.81. The summed E-state index contributed by atoms with van der Waals surface area (Å²) in [6.45, 7) is 4.21. The summed E-state index contributed by atoms with van der Waals surface area (Å²) in [6, 6.07) is -0.977. The van der Waals surface area contributed by atoms with Gasteiger partial charge in [-0.05, 0) is 12.8 Å². The molecular weight excluding hydrogens is 228 g/mol. The number of aliphatic carboxylic acids is 1. The van der Waals surface area contributed by atoms with Gasteiger partial charge in [-0.2, -0.15) is 0 Å². The Balaban J connectivity index is 4.20. The molecule has 0 aromatic carbocycles. The molecule has 7 heteroatoms. The van der Waals surface area contributed by atoms with Gasteiger partial charge in [-0.1, -0.05) is 0 Å². The minimum absolute atomic E-state index is 0.187. The van der Waals surface area contributed by atoms with E-state index in [4.69, 9.17) is 5.11 Å². The summed E-state index contributed by atoms with van der Waals surface area (Å²) in [5.74, 6) is -1.55. The average Bonchev–Trinajstić information content (AvgIpc) is 2.14. The molecular formula is C10H18N2O5. The van der Waals surface area contributed by atoms with Crippen molar-refractivity contribution in [1.82, 2.24) is 5.32 Å². The van der Waals surface area contributed by atoms with Gasteiger partial charge < -0.3 is 10.4 Å². The standard InChI is InChI=1S/C10H18N2O5/c1-7(13)11-8(9(14)15)5-4-6-10(2,3)12(16)17/h8H,4-6H2,1-3H3,(H,11,13)(H,14,15). The number of nitrogens with zero attached hydrogens (tertiary/aromatic N) is 1. The van der Waals surface area contributed by atoms with Crippen LogP contribution < -0.4 is 5.32 Å². The van der Waals surface area contributed by atoms with Crippen LogP contribution in [0, 0.1) is 10.1 Å². The van der Waals surface area contributed by atoms with Gasteiger partial charge in [-0.15, -0.1) is 0 Å². The van der Waals surface area contributed by atoms with Crippen molar-refractivity contribution in [3.05, 3.63) is 10.1 Å². The zero-order valence-corrected chi connectivity index (χ0v) is 10.2. The van der Waals surface area contributed by atoms with Crippen LogP contribution in [-0.2, 0) is 9.59 Å². The first-order chi connectivity index (χ1) is 7.66. The van der Waals surface area contributed by atoms with E-state index in [-0.39, 0.29) is 17.8 Å².